The van der Waals surface area contributed by atoms with E-state index in [2.05, 4.69) is 15.3 Å². The maximum Gasteiger partial charge on any atom is 0.335 e. The summed E-state index contributed by atoms with van der Waals surface area (Å²) in [7, 11) is 0. The molecule has 5 nitrogen and oxygen atoms in total. The largest absolute Gasteiger partial charge is 0.478 e. The third-order valence-electron chi connectivity index (χ3n) is 2.93. The van der Waals surface area contributed by atoms with Crippen molar-refractivity contribution in [3.05, 3.63) is 53.0 Å². The molecule has 2 N–H and O–H groups in total. The molecule has 0 aliphatic heterocycles. The minimum atomic E-state index is -0.942. The lowest BCUT2D eigenvalue weighted by atomic mass is 10.2. The van der Waals surface area contributed by atoms with E-state index in [1.165, 1.54) is 0 Å². The lowest BCUT2D eigenvalue weighted by Gasteiger charge is -2.08. The molecule has 0 saturated carbocycles. The van der Waals surface area contributed by atoms with Crippen molar-refractivity contribution in [3.8, 4) is 0 Å². The van der Waals surface area contributed by atoms with Gasteiger partial charge in [-0.25, -0.2) is 9.78 Å². The summed E-state index contributed by atoms with van der Waals surface area (Å²) in [6.07, 6.45) is 2.49. The Morgan fingerprint density at radius 1 is 1.35 bits per heavy atom. The molecule has 0 saturated heterocycles. The molecule has 0 aliphatic carbocycles. The third kappa shape index (κ3) is 3.54. The lowest BCUT2D eigenvalue weighted by Crippen LogP contribution is -2.06. The average molecular weight is 271 g/mol. The van der Waals surface area contributed by atoms with Crippen molar-refractivity contribution >= 4 is 11.8 Å². The second kappa shape index (κ2) is 6.14. The molecule has 2 heterocycles. The Morgan fingerprint density at radius 2 is 2.15 bits per heavy atom. The molecule has 2 rings (SSSR count). The summed E-state index contributed by atoms with van der Waals surface area (Å²) in [5.41, 5.74) is 3.00. The number of aromatic carboxylic acids is 1. The number of carboxylic acids is 1. The molecule has 0 unspecified atom stereocenters. The zero-order valence-corrected chi connectivity index (χ0v) is 11.6. The van der Waals surface area contributed by atoms with Crippen molar-refractivity contribution in [1.82, 2.24) is 9.97 Å². The Kier molecular flexibility index (Phi) is 4.30. The van der Waals surface area contributed by atoms with Crippen molar-refractivity contribution in [2.45, 2.75) is 26.8 Å². The third-order valence-corrected chi connectivity index (χ3v) is 2.93. The molecule has 2 aromatic rings. The maximum absolute atomic E-state index is 11.1. The van der Waals surface area contributed by atoms with E-state index in [0.29, 0.717) is 18.8 Å². The number of carbonyl (C=O) groups is 1. The highest BCUT2D eigenvalue weighted by Gasteiger charge is 2.07. The Bertz CT molecular complexity index is 609. The van der Waals surface area contributed by atoms with Crippen LogP contribution in [0.5, 0.6) is 0 Å². The quantitative estimate of drug-likeness (QED) is 0.874. The Hall–Kier alpha value is -2.43. The lowest BCUT2D eigenvalue weighted by molar-refractivity contribution is 0.0696. The number of rotatable bonds is 5. The monoisotopic (exact) mass is 271 g/mol. The number of nitrogens with one attached hydrogen (secondary N) is 1. The van der Waals surface area contributed by atoms with Crippen molar-refractivity contribution < 1.29 is 9.90 Å². The predicted molar refractivity (Wildman–Crippen MR) is 76.9 cm³/mol. The predicted octanol–water partition coefficient (Wildman–Crippen LogP) is 2.66. The maximum atomic E-state index is 11.1. The van der Waals surface area contributed by atoms with Gasteiger partial charge in [-0.1, -0.05) is 13.0 Å². The van der Waals surface area contributed by atoms with Gasteiger partial charge in [0.05, 0.1) is 5.56 Å². The van der Waals surface area contributed by atoms with Gasteiger partial charge < -0.3 is 10.4 Å². The van der Waals surface area contributed by atoms with Crippen molar-refractivity contribution in [3.63, 3.8) is 0 Å². The fourth-order valence-corrected chi connectivity index (χ4v) is 1.78. The second-order valence-corrected chi connectivity index (χ2v) is 4.55. The minimum absolute atomic E-state index is 0.251. The fraction of sp³-hybridized carbons (Fsp3) is 0.267. The van der Waals surface area contributed by atoms with Crippen LogP contribution in [-0.4, -0.2) is 21.0 Å². The zero-order valence-electron chi connectivity index (χ0n) is 11.6. The standard InChI is InChI=1S/C15H17N3O2/c1-3-13-6-12(15(19)20)7-14(18-13)17-9-11-5-4-10(2)16-8-11/h4-8H,3,9H2,1-2H3,(H,17,18)(H,19,20). The van der Waals surface area contributed by atoms with E-state index in [9.17, 15) is 4.79 Å². The molecule has 0 radical (unpaired) electrons. The normalized spacial score (nSPS) is 10.3. The topological polar surface area (TPSA) is 75.1 Å². The van der Waals surface area contributed by atoms with Crippen LogP contribution in [0.3, 0.4) is 0 Å². The van der Waals surface area contributed by atoms with Crippen molar-refractivity contribution in [1.29, 1.82) is 0 Å². The van der Waals surface area contributed by atoms with E-state index < -0.39 is 5.97 Å². The number of aromatic nitrogens is 2. The van der Waals surface area contributed by atoms with Gasteiger partial charge in [0.2, 0.25) is 0 Å². The Morgan fingerprint density at radius 3 is 2.75 bits per heavy atom. The molecule has 0 atom stereocenters. The molecule has 0 bridgehead atoms. The second-order valence-electron chi connectivity index (χ2n) is 4.55. The van der Waals surface area contributed by atoms with Crippen LogP contribution in [0.4, 0.5) is 5.82 Å². The number of carboxylic acid groups (broad SMARTS) is 1. The molecule has 0 aliphatic rings. The van der Waals surface area contributed by atoms with Gasteiger partial charge in [-0.05, 0) is 37.1 Å². The number of hydrogen-bond donors (Lipinski definition) is 2. The smallest absolute Gasteiger partial charge is 0.335 e. The molecule has 0 aromatic carbocycles. The number of pyridine rings is 2. The highest BCUT2D eigenvalue weighted by atomic mass is 16.4. The first-order valence-electron chi connectivity index (χ1n) is 6.48. The summed E-state index contributed by atoms with van der Waals surface area (Å²) in [4.78, 5) is 19.7. The van der Waals surface area contributed by atoms with Crippen LogP contribution in [0.1, 0.15) is 34.2 Å². The van der Waals surface area contributed by atoms with E-state index in [1.54, 1.807) is 18.3 Å². The van der Waals surface area contributed by atoms with E-state index in [1.807, 2.05) is 26.0 Å². The van der Waals surface area contributed by atoms with E-state index >= 15 is 0 Å². The summed E-state index contributed by atoms with van der Waals surface area (Å²) in [6, 6.07) is 7.07. The Labute approximate surface area is 117 Å². The van der Waals surface area contributed by atoms with Crippen LogP contribution in [-0.2, 0) is 13.0 Å². The van der Waals surface area contributed by atoms with Crippen molar-refractivity contribution in [2.24, 2.45) is 0 Å². The van der Waals surface area contributed by atoms with E-state index in [4.69, 9.17) is 5.11 Å². The molecular formula is C15H17N3O2. The van der Waals surface area contributed by atoms with Gasteiger partial charge in [-0.15, -0.1) is 0 Å². The highest BCUT2D eigenvalue weighted by molar-refractivity contribution is 5.88. The van der Waals surface area contributed by atoms with Gasteiger partial charge >= 0.3 is 5.97 Å². The van der Waals surface area contributed by atoms with E-state index in [-0.39, 0.29) is 5.56 Å². The molecule has 0 amide bonds. The molecular weight excluding hydrogens is 254 g/mol. The zero-order chi connectivity index (χ0) is 14.5. The van der Waals surface area contributed by atoms with Crippen LogP contribution >= 0.6 is 0 Å². The molecule has 0 spiro atoms. The van der Waals surface area contributed by atoms with Crippen LogP contribution < -0.4 is 5.32 Å². The van der Waals surface area contributed by atoms with Gasteiger partial charge in [0.25, 0.3) is 0 Å². The number of aryl methyl sites for hydroxylation is 2. The van der Waals surface area contributed by atoms with Gasteiger partial charge in [0, 0.05) is 24.1 Å². The van der Waals surface area contributed by atoms with Crippen LogP contribution in [0, 0.1) is 6.92 Å². The van der Waals surface area contributed by atoms with Gasteiger partial charge in [0.1, 0.15) is 5.82 Å². The van der Waals surface area contributed by atoms with Gasteiger partial charge in [-0.3, -0.25) is 4.98 Å². The Balaban J connectivity index is 2.14. The van der Waals surface area contributed by atoms with Gasteiger partial charge in [-0.2, -0.15) is 0 Å². The minimum Gasteiger partial charge on any atom is -0.478 e. The average Bonchev–Trinajstić information content (AvgIpc) is 2.46. The summed E-state index contributed by atoms with van der Waals surface area (Å²) >= 11 is 0. The highest BCUT2D eigenvalue weighted by Crippen LogP contribution is 2.12. The van der Waals surface area contributed by atoms with Crippen molar-refractivity contribution in [2.75, 3.05) is 5.32 Å². The summed E-state index contributed by atoms with van der Waals surface area (Å²) in [6.45, 7) is 4.44. The first kappa shape index (κ1) is 14.0. The molecule has 0 fully saturated rings. The number of nitrogens with zero attached hydrogens (tertiary/aromatic N) is 2. The van der Waals surface area contributed by atoms with E-state index in [0.717, 1.165) is 17.0 Å². The summed E-state index contributed by atoms with van der Waals surface area (Å²) in [5, 5.41) is 12.2. The summed E-state index contributed by atoms with van der Waals surface area (Å²) < 4.78 is 0. The first-order valence-corrected chi connectivity index (χ1v) is 6.48. The number of anilines is 1. The van der Waals surface area contributed by atoms with Crippen LogP contribution in [0.25, 0.3) is 0 Å². The van der Waals surface area contributed by atoms with Crippen LogP contribution in [0.15, 0.2) is 30.5 Å². The molecule has 20 heavy (non-hydrogen) atoms. The molecule has 2 aromatic heterocycles. The molecule has 104 valence electrons. The SMILES string of the molecule is CCc1cc(C(=O)O)cc(NCc2ccc(C)nc2)n1. The first-order chi connectivity index (χ1) is 9.58. The van der Waals surface area contributed by atoms with Gasteiger partial charge in [0.15, 0.2) is 0 Å². The fourth-order valence-electron chi connectivity index (χ4n) is 1.78. The molecule has 5 heteroatoms. The van der Waals surface area contributed by atoms with Crippen LogP contribution in [0.2, 0.25) is 0 Å². The number of hydrogen-bond acceptors (Lipinski definition) is 4. The summed E-state index contributed by atoms with van der Waals surface area (Å²) in [5.74, 6) is -0.371.